The second kappa shape index (κ2) is 49.6. The number of carbonyl (C=O) groups is 10. The molecule has 0 saturated carbocycles. The average Bonchev–Trinajstić information content (AvgIpc) is 0.820. The number of alkyl carbamates (subject to hydrolysis) is 2. The highest BCUT2D eigenvalue weighted by Crippen LogP contribution is 2.36. The number of hydrogen-bond donors (Lipinski definition) is 14. The van der Waals surface area contributed by atoms with Crippen LogP contribution >= 0.6 is 33.8 Å². The first kappa shape index (κ1) is 108. The molecule has 0 saturated heterocycles. The second-order valence-electron chi connectivity index (χ2n) is 28.6. The van der Waals surface area contributed by atoms with Crippen molar-refractivity contribution in [1.82, 2.24) is 21.3 Å². The van der Waals surface area contributed by atoms with Gasteiger partial charge in [0.05, 0.1) is 40.5 Å². The van der Waals surface area contributed by atoms with Crippen molar-refractivity contribution in [3.8, 4) is 0 Å². The number of ether oxygens (including phenoxy) is 6. The van der Waals surface area contributed by atoms with Gasteiger partial charge in [0.15, 0.2) is 0 Å². The lowest BCUT2D eigenvalue weighted by Crippen LogP contribution is -2.34. The summed E-state index contributed by atoms with van der Waals surface area (Å²) in [6.45, 7) is 14.9. The molecule has 0 radical (unpaired) electrons. The summed E-state index contributed by atoms with van der Waals surface area (Å²) in [6.07, 6.45) is -0.911. The predicted molar refractivity (Wildman–Crippen MR) is 480 cm³/mol. The number of amides is 2. The maximum Gasteiger partial charge on any atom is 0.408 e. The smallest absolute Gasteiger partial charge is 0.408 e. The van der Waals surface area contributed by atoms with E-state index in [0.29, 0.717) is 60.5 Å². The van der Waals surface area contributed by atoms with Crippen LogP contribution in [-0.4, -0.2) is 138 Å². The van der Waals surface area contributed by atoms with Gasteiger partial charge in [-0.3, -0.25) is 33.6 Å². The molecule has 0 heterocycles. The van der Waals surface area contributed by atoms with Crippen LogP contribution in [-0.2, 0) is 76.0 Å². The van der Waals surface area contributed by atoms with Gasteiger partial charge in [0.1, 0.15) is 59.5 Å². The summed E-state index contributed by atoms with van der Waals surface area (Å²) in [6, 6.07) is 45.5. The Balaban J connectivity index is 0.000000515. The average molecular weight is 1780 g/mol. The van der Waals surface area contributed by atoms with Gasteiger partial charge in [0.2, 0.25) is 9.23 Å². The highest BCUT2D eigenvalue weighted by atomic mass is 36.0. The molecule has 2 amide bonds. The molecule has 10 unspecified atom stereocenters. The molecule has 0 spiro atoms. The van der Waals surface area contributed by atoms with Crippen LogP contribution in [0.15, 0.2) is 182 Å². The van der Waals surface area contributed by atoms with Crippen LogP contribution in [0, 0.1) is 0 Å². The highest BCUT2D eigenvalue weighted by Gasteiger charge is 2.30. The van der Waals surface area contributed by atoms with Crippen molar-refractivity contribution in [2.24, 2.45) is 34.4 Å². The van der Waals surface area contributed by atoms with Crippen LogP contribution in [0.5, 0.6) is 0 Å². The fourth-order valence-electron chi connectivity index (χ4n) is 12.9. The van der Waals surface area contributed by atoms with E-state index in [9.17, 15) is 53.1 Å². The number of esters is 4. The summed E-state index contributed by atoms with van der Waals surface area (Å²) in [7, 11) is 15.8. The van der Waals surface area contributed by atoms with E-state index in [-0.39, 0.29) is 45.3 Å². The maximum atomic E-state index is 12.2. The normalized spacial score (nSPS) is 13.2. The molecule has 10 rings (SSSR count). The Morgan fingerprint density at radius 3 is 0.691 bits per heavy atom. The third-order valence-corrected chi connectivity index (χ3v) is 18.4. The zero-order chi connectivity index (χ0) is 90.0. The van der Waals surface area contributed by atoms with Crippen molar-refractivity contribution in [3.63, 3.8) is 0 Å². The van der Waals surface area contributed by atoms with E-state index in [0.717, 1.165) is 49.0 Å². The fourth-order valence-corrected chi connectivity index (χ4v) is 12.9. The minimum absolute atomic E-state index is 0. The van der Waals surface area contributed by atoms with E-state index in [1.807, 2.05) is 128 Å². The molecule has 31 nitrogen and oxygen atoms in total. The molecule has 123 heavy (non-hydrogen) atoms. The van der Waals surface area contributed by atoms with Crippen LogP contribution < -0.4 is 55.7 Å². The minimum Gasteiger partial charge on any atom is -0.480 e. The van der Waals surface area contributed by atoms with Crippen LogP contribution in [0.3, 0.4) is 0 Å². The Labute approximate surface area is 731 Å². The van der Waals surface area contributed by atoms with E-state index in [2.05, 4.69) is 52.1 Å². The molecular formula is C88H111Cl3N10O21S. The second-order valence-corrected chi connectivity index (χ2v) is 31.1. The monoisotopic (exact) mass is 1780 g/mol. The number of carboxylic acids is 4. The Hall–Kier alpha value is -11.5. The van der Waals surface area contributed by atoms with Gasteiger partial charge >= 0.3 is 59.9 Å². The largest absolute Gasteiger partial charge is 0.480 e. The molecule has 0 aliphatic rings. The van der Waals surface area contributed by atoms with Crippen molar-refractivity contribution in [2.45, 2.75) is 142 Å². The number of halogens is 3. The lowest BCUT2D eigenvalue weighted by molar-refractivity contribution is -0.143. The van der Waals surface area contributed by atoms with Crippen molar-refractivity contribution < 1.29 is 101 Å². The first-order chi connectivity index (χ1) is 56.4. The Morgan fingerprint density at radius 1 is 0.325 bits per heavy atom. The first-order valence-electron chi connectivity index (χ1n) is 36.9. The molecule has 20 N–H and O–H groups in total. The topological polar surface area (TPSA) is 528 Å². The van der Waals surface area contributed by atoms with Crippen LogP contribution in [0.2, 0.25) is 0 Å². The number of rotatable bonds is 22. The van der Waals surface area contributed by atoms with Crippen molar-refractivity contribution >= 4 is 157 Å². The lowest BCUT2D eigenvalue weighted by atomic mass is 9.93. The predicted octanol–water partition coefficient (Wildman–Crippen LogP) is 13.7. The number of aliphatic carboxylic acids is 4. The molecule has 0 fully saturated rings. The quantitative estimate of drug-likeness (QED) is 0.0170. The molecule has 0 aliphatic heterocycles. The zero-order valence-corrected chi connectivity index (χ0v) is 72.0. The number of benzene rings is 10. The van der Waals surface area contributed by atoms with E-state index in [4.69, 9.17) is 72.9 Å². The summed E-state index contributed by atoms with van der Waals surface area (Å²) in [5, 5.41) is 55.5. The number of nitrogens with two attached hydrogens (primary N) is 6. The number of nitrogens with one attached hydrogen (secondary N) is 4. The van der Waals surface area contributed by atoms with Crippen molar-refractivity contribution in [1.29, 1.82) is 0 Å². The molecule has 10 aromatic rings. The summed E-state index contributed by atoms with van der Waals surface area (Å²) in [5.41, 5.74) is 40.2. The first-order valence-corrected chi connectivity index (χ1v) is 39.7. The van der Waals surface area contributed by atoms with Gasteiger partial charge < -0.3 is 105 Å². The van der Waals surface area contributed by atoms with Crippen LogP contribution in [0.4, 0.5) is 9.59 Å². The number of methoxy groups -OCH3 is 4. The fraction of sp³-hybridized carbons (Fsp3) is 0.318. The number of hydrogen-bond acceptors (Lipinski definition) is 25. The van der Waals surface area contributed by atoms with Gasteiger partial charge in [-0.1, -0.05) is 197 Å². The molecule has 10 aromatic carbocycles. The number of fused-ring (bicyclic) bond motifs is 5. The van der Waals surface area contributed by atoms with Gasteiger partial charge in [0, 0.05) is 21.4 Å². The van der Waals surface area contributed by atoms with Gasteiger partial charge in [-0.15, -0.1) is 12.4 Å². The van der Waals surface area contributed by atoms with Crippen molar-refractivity contribution in [2.75, 3.05) is 42.5 Å². The molecule has 0 aromatic heterocycles. The minimum atomic E-state index is -1.67. The van der Waals surface area contributed by atoms with E-state index in [1.165, 1.54) is 28.4 Å². The van der Waals surface area contributed by atoms with Crippen LogP contribution in [0.25, 0.3) is 53.9 Å². The van der Waals surface area contributed by atoms with Crippen LogP contribution in [0.1, 0.15) is 186 Å². The van der Waals surface area contributed by atoms with E-state index in [1.54, 1.807) is 123 Å². The zero-order valence-electron chi connectivity index (χ0n) is 68.9. The third-order valence-electron chi connectivity index (χ3n) is 18.4. The molecule has 35 heteroatoms. The standard InChI is InChI=1S/C24H34N2O4.C17H20N2O4.C16H18N2O4.C15H16N2O4.C14H14N2O4.2CH4.Cl2OS.ClH/c1-15(25-21(27)29-23(3,4)5)17-11-9-14-20-18(12-10-13-19(17)20)16(2)26-22(28)30-24(6,7)8;1-19-15(17(21)23-3)13-9-5-6-10-11(13)7-4-8-12(10)14(18)16(20)22-2;1-21-15(19)13(17)11-7-3-6-10-9(11)5-4-8-12(10)14(18)16(20)22-2;1-17-13(15(20)21)11-7-3-4-8-9(11)5-2-6-10(8)12(16)14(18)19;15-11(13(17)18)9-5-1-3-7-8(9)4-2-6-10(7)12(16)14(19)20;;;1-4(2)3;/h9-16H,1-8H3,(H,25,27)(H,26,28);4-9,14-15,19H,18H2,1-3H3;3-8,13-14H,17-18H2,1-2H3;2-7,12-13,17H,16H2,1H3,(H,18,19)(H,20,21);1-6,11-12H,15-16H2,(H,17,18)(H,19,20);2*1H4;;1H. The number of carboxylic acid groups (broad SMARTS) is 4. The summed E-state index contributed by atoms with van der Waals surface area (Å²) in [4.78, 5) is 116. The SMILES string of the molecule is C.C.CC(NC(=O)OC(C)(C)C)c1cccc2c(C(C)NC(=O)OC(C)(C)C)cccc12.CNC(C(=O)O)c1cccc2c(C(N)C(=O)O)cccc12.CNC(C(=O)OC)c1cccc2c(C(N)C(=O)OC)cccc12.COC(=O)C(N)c1cccc2c(C(N)C(=O)OC)cccc12.Cl.NC(C(=O)O)c1cccc2c(C(N)C(=O)O)cccc12.O=S(Cl)Cl. The van der Waals surface area contributed by atoms with E-state index < -0.39 is 123 Å². The molecule has 0 bridgehead atoms. The summed E-state index contributed by atoms with van der Waals surface area (Å²) < 4.78 is 38.8. The van der Waals surface area contributed by atoms with E-state index >= 15 is 0 Å². The summed E-state index contributed by atoms with van der Waals surface area (Å²) in [5.74, 6) is -6.39. The maximum absolute atomic E-state index is 12.2. The lowest BCUT2D eigenvalue weighted by Gasteiger charge is -2.24. The van der Waals surface area contributed by atoms with Crippen molar-refractivity contribution in [3.05, 3.63) is 238 Å². The summed E-state index contributed by atoms with van der Waals surface area (Å²) >= 11 is 0. The van der Waals surface area contributed by atoms with Gasteiger partial charge in [0.25, 0.3) is 0 Å². The highest BCUT2D eigenvalue weighted by molar-refractivity contribution is 8.26. The molecule has 666 valence electrons. The Kier molecular flexibility index (Phi) is 43.3. The van der Waals surface area contributed by atoms with Gasteiger partial charge in [-0.05, 0) is 179 Å². The molecular weight excluding hydrogens is 1670 g/mol. The Morgan fingerprint density at radius 2 is 0.504 bits per heavy atom. The molecule has 0 aliphatic carbocycles. The molecule has 10 atom stereocenters. The Bertz CT molecular complexity index is 5170. The number of likely N-dealkylation sites (N-methyl/N-ethyl adjacent to an activating group) is 2. The number of carbonyl (C=O) groups excluding carboxylic acids is 6. The third kappa shape index (κ3) is 29.4. The van der Waals surface area contributed by atoms with Gasteiger partial charge in [-0.2, -0.15) is 0 Å². The van der Waals surface area contributed by atoms with Gasteiger partial charge in [-0.25, -0.2) is 18.6 Å².